The SMILES string of the molecule is C=C(CN(C(=O)OC(C)(C)C)N1C(=O)c2ccccc2C1=O)c1ccccc1. The van der Waals surface area contributed by atoms with Gasteiger partial charge in [0, 0.05) is 0 Å². The lowest BCUT2D eigenvalue weighted by Gasteiger charge is -2.32. The van der Waals surface area contributed by atoms with Crippen molar-refractivity contribution in [2.75, 3.05) is 6.54 Å². The van der Waals surface area contributed by atoms with Crippen LogP contribution in [0.2, 0.25) is 0 Å². The number of fused-ring (bicyclic) bond motifs is 1. The van der Waals surface area contributed by atoms with Gasteiger partial charge in [0.25, 0.3) is 11.8 Å². The van der Waals surface area contributed by atoms with Gasteiger partial charge in [-0.2, -0.15) is 5.01 Å². The standard InChI is InChI=1S/C22H22N2O4/c1-15(16-10-6-5-7-11-16)14-23(21(27)28-22(2,3)4)24-19(25)17-12-8-9-13-18(17)20(24)26/h5-13H,1,14H2,2-4H3. The Hall–Kier alpha value is -3.41. The van der Waals surface area contributed by atoms with E-state index < -0.39 is 23.5 Å². The van der Waals surface area contributed by atoms with Crippen LogP contribution in [0.5, 0.6) is 0 Å². The molecule has 0 aliphatic carbocycles. The Morgan fingerprint density at radius 1 is 0.964 bits per heavy atom. The van der Waals surface area contributed by atoms with E-state index >= 15 is 0 Å². The molecule has 1 heterocycles. The maximum atomic E-state index is 12.9. The van der Waals surface area contributed by atoms with E-state index in [4.69, 9.17) is 4.74 Å². The summed E-state index contributed by atoms with van der Waals surface area (Å²) in [6.45, 7) is 9.11. The fourth-order valence-corrected chi connectivity index (χ4v) is 2.87. The van der Waals surface area contributed by atoms with Gasteiger partial charge in [0.2, 0.25) is 0 Å². The van der Waals surface area contributed by atoms with Crippen molar-refractivity contribution < 1.29 is 19.1 Å². The number of nitrogens with zero attached hydrogens (tertiary/aromatic N) is 2. The van der Waals surface area contributed by atoms with Crippen LogP contribution in [-0.2, 0) is 4.74 Å². The van der Waals surface area contributed by atoms with Crippen LogP contribution in [0.25, 0.3) is 5.57 Å². The molecule has 1 aliphatic rings. The Morgan fingerprint density at radius 3 is 1.96 bits per heavy atom. The number of rotatable bonds is 4. The van der Waals surface area contributed by atoms with Crippen LogP contribution in [0.4, 0.5) is 4.79 Å². The summed E-state index contributed by atoms with van der Waals surface area (Å²) < 4.78 is 5.44. The summed E-state index contributed by atoms with van der Waals surface area (Å²) in [7, 11) is 0. The molecule has 28 heavy (non-hydrogen) atoms. The molecule has 0 saturated heterocycles. The third-order valence-electron chi connectivity index (χ3n) is 4.14. The van der Waals surface area contributed by atoms with Crippen molar-refractivity contribution in [3.8, 4) is 0 Å². The smallest absolute Gasteiger partial charge is 0.430 e. The van der Waals surface area contributed by atoms with Crippen LogP contribution in [0.1, 0.15) is 47.1 Å². The minimum atomic E-state index is -0.793. The molecule has 144 valence electrons. The maximum absolute atomic E-state index is 12.9. The van der Waals surface area contributed by atoms with Crippen LogP contribution in [0.3, 0.4) is 0 Å². The molecule has 0 fully saturated rings. The van der Waals surface area contributed by atoms with Gasteiger partial charge in [-0.15, -0.1) is 0 Å². The lowest BCUT2D eigenvalue weighted by molar-refractivity contribution is -0.0238. The number of carbonyl (C=O) groups is 3. The third-order valence-corrected chi connectivity index (χ3v) is 4.14. The minimum absolute atomic E-state index is 0.0651. The number of hydrogen-bond donors (Lipinski definition) is 0. The van der Waals surface area contributed by atoms with E-state index in [0.717, 1.165) is 15.6 Å². The second-order valence-electron chi connectivity index (χ2n) is 7.48. The normalized spacial score (nSPS) is 13.3. The highest BCUT2D eigenvalue weighted by Crippen LogP contribution is 2.27. The fraction of sp³-hybridized carbons (Fsp3) is 0.227. The van der Waals surface area contributed by atoms with Gasteiger partial charge in [0.1, 0.15) is 5.60 Å². The van der Waals surface area contributed by atoms with Gasteiger partial charge >= 0.3 is 6.09 Å². The molecule has 0 atom stereocenters. The Labute approximate surface area is 164 Å². The fourth-order valence-electron chi connectivity index (χ4n) is 2.87. The zero-order valence-electron chi connectivity index (χ0n) is 16.1. The molecule has 0 spiro atoms. The molecule has 2 aromatic rings. The van der Waals surface area contributed by atoms with Crippen molar-refractivity contribution in [3.05, 3.63) is 77.9 Å². The van der Waals surface area contributed by atoms with E-state index in [0.29, 0.717) is 5.57 Å². The molecule has 0 radical (unpaired) electrons. The number of hydrazine groups is 1. The molecule has 3 amide bonds. The summed E-state index contributed by atoms with van der Waals surface area (Å²) in [4.78, 5) is 38.6. The Balaban J connectivity index is 1.95. The Kier molecular flexibility index (Phi) is 5.05. The first-order chi connectivity index (χ1) is 13.2. The average molecular weight is 378 g/mol. The largest absolute Gasteiger partial charge is 0.442 e. The van der Waals surface area contributed by atoms with Crippen molar-refractivity contribution in [1.29, 1.82) is 0 Å². The van der Waals surface area contributed by atoms with Crippen molar-refractivity contribution in [3.63, 3.8) is 0 Å². The summed E-state index contributed by atoms with van der Waals surface area (Å²) in [5, 5.41) is 1.86. The topological polar surface area (TPSA) is 66.9 Å². The molecule has 0 aromatic heterocycles. The van der Waals surface area contributed by atoms with E-state index in [1.807, 2.05) is 30.3 Å². The summed E-state index contributed by atoms with van der Waals surface area (Å²) >= 11 is 0. The van der Waals surface area contributed by atoms with E-state index in [2.05, 4.69) is 6.58 Å². The average Bonchev–Trinajstić information content (AvgIpc) is 2.90. The molecule has 0 saturated carbocycles. The van der Waals surface area contributed by atoms with Crippen LogP contribution in [-0.4, -0.2) is 40.1 Å². The molecule has 1 aliphatic heterocycles. The molecule has 2 aromatic carbocycles. The molecular formula is C22H22N2O4. The van der Waals surface area contributed by atoms with E-state index in [1.165, 1.54) is 0 Å². The molecule has 0 bridgehead atoms. The number of benzene rings is 2. The summed E-state index contributed by atoms with van der Waals surface area (Å²) in [5.41, 5.74) is 1.09. The van der Waals surface area contributed by atoms with Gasteiger partial charge < -0.3 is 4.74 Å². The quantitative estimate of drug-likeness (QED) is 0.750. The highest BCUT2D eigenvalue weighted by Gasteiger charge is 2.42. The number of hydrogen-bond acceptors (Lipinski definition) is 4. The summed E-state index contributed by atoms with van der Waals surface area (Å²) in [5.74, 6) is -1.13. The zero-order chi connectivity index (χ0) is 20.5. The van der Waals surface area contributed by atoms with Gasteiger partial charge in [-0.25, -0.2) is 9.80 Å². The summed E-state index contributed by atoms with van der Waals surface area (Å²) in [6.07, 6.45) is -0.793. The first-order valence-corrected chi connectivity index (χ1v) is 8.90. The Morgan fingerprint density at radius 2 is 1.46 bits per heavy atom. The predicted octanol–water partition coefficient (Wildman–Crippen LogP) is 4.15. The van der Waals surface area contributed by atoms with Crippen LogP contribution in [0, 0.1) is 0 Å². The predicted molar refractivity (Wildman–Crippen MR) is 105 cm³/mol. The second kappa shape index (κ2) is 7.31. The lowest BCUT2D eigenvalue weighted by Crippen LogP contribution is -2.51. The van der Waals surface area contributed by atoms with Crippen LogP contribution in [0.15, 0.2) is 61.2 Å². The molecule has 6 heteroatoms. The molecule has 6 nitrogen and oxygen atoms in total. The van der Waals surface area contributed by atoms with E-state index in [-0.39, 0.29) is 17.7 Å². The number of carbonyl (C=O) groups excluding carboxylic acids is 3. The number of ether oxygens (including phenoxy) is 1. The minimum Gasteiger partial charge on any atom is -0.442 e. The third kappa shape index (κ3) is 3.81. The van der Waals surface area contributed by atoms with Gasteiger partial charge in [-0.05, 0) is 44.0 Å². The van der Waals surface area contributed by atoms with Crippen molar-refractivity contribution in [2.45, 2.75) is 26.4 Å². The first kappa shape index (κ1) is 19.4. The number of amides is 3. The van der Waals surface area contributed by atoms with Crippen molar-refractivity contribution in [1.82, 2.24) is 10.0 Å². The van der Waals surface area contributed by atoms with Crippen molar-refractivity contribution in [2.24, 2.45) is 0 Å². The second-order valence-corrected chi connectivity index (χ2v) is 7.48. The molecule has 0 N–H and O–H groups in total. The summed E-state index contributed by atoms with van der Waals surface area (Å²) in [6, 6.07) is 15.7. The molecule has 3 rings (SSSR count). The maximum Gasteiger partial charge on any atom is 0.430 e. The van der Waals surface area contributed by atoms with Gasteiger partial charge in [-0.3, -0.25) is 9.59 Å². The van der Waals surface area contributed by atoms with Gasteiger partial charge in [0.15, 0.2) is 0 Å². The van der Waals surface area contributed by atoms with Gasteiger partial charge in [0.05, 0.1) is 17.7 Å². The zero-order valence-corrected chi connectivity index (χ0v) is 16.1. The van der Waals surface area contributed by atoms with Crippen molar-refractivity contribution >= 4 is 23.5 Å². The van der Waals surface area contributed by atoms with Crippen LogP contribution >= 0.6 is 0 Å². The highest BCUT2D eigenvalue weighted by molar-refractivity contribution is 6.21. The monoisotopic (exact) mass is 378 g/mol. The number of imide groups is 1. The lowest BCUT2D eigenvalue weighted by atomic mass is 10.1. The molecular weight excluding hydrogens is 356 g/mol. The molecule has 0 unspecified atom stereocenters. The van der Waals surface area contributed by atoms with E-state index in [1.54, 1.807) is 45.0 Å². The van der Waals surface area contributed by atoms with E-state index in [9.17, 15) is 14.4 Å². The van der Waals surface area contributed by atoms with Crippen LogP contribution < -0.4 is 0 Å². The Bertz CT molecular complexity index is 910. The first-order valence-electron chi connectivity index (χ1n) is 8.90. The van der Waals surface area contributed by atoms with Gasteiger partial charge in [-0.1, -0.05) is 49.0 Å². The highest BCUT2D eigenvalue weighted by atomic mass is 16.6.